The maximum absolute atomic E-state index is 14.0. The molecule has 0 spiro atoms. The van der Waals surface area contributed by atoms with Crippen LogP contribution in [0, 0.1) is 11.8 Å². The lowest BCUT2D eigenvalue weighted by Crippen LogP contribution is -2.53. The van der Waals surface area contributed by atoms with Gasteiger partial charge in [-0.15, -0.1) is 0 Å². The molecular weight excluding hydrogens is 442 g/mol. The Morgan fingerprint density at radius 3 is 2.06 bits per heavy atom. The number of esters is 1. The minimum absolute atomic E-state index is 0.331. The van der Waals surface area contributed by atoms with Crippen LogP contribution in [0.3, 0.4) is 0 Å². The maximum Gasteiger partial charge on any atom is 0.331 e. The number of hydrogen-bond acceptors (Lipinski definition) is 6. The van der Waals surface area contributed by atoms with Crippen molar-refractivity contribution in [3.05, 3.63) is 96.1 Å². The molecule has 3 aromatic carbocycles. The molecule has 35 heavy (non-hydrogen) atoms. The number of amides is 2. The lowest BCUT2D eigenvalue weighted by atomic mass is 9.75. The third kappa shape index (κ3) is 3.42. The molecule has 0 unspecified atom stereocenters. The number of fused-ring (bicyclic) bond motifs is 1. The van der Waals surface area contributed by atoms with Crippen molar-refractivity contribution in [1.82, 2.24) is 5.32 Å². The molecule has 2 heterocycles. The summed E-state index contributed by atoms with van der Waals surface area (Å²) in [5.41, 5.74) is 1.39. The standard InChI is InChI=1S/C28H27N3O4/c1-30(2)20-16-14-18(15-17-20)24-22-23(26(33)31(25(22)32)21-12-8-5-9-13-21)28(29-24,27(34)35-3)19-10-6-4-7-11-19/h4-17,22-24,29H,1-3H3/t22-,23-,24-,28-/m0/s1. The smallest absolute Gasteiger partial charge is 0.331 e. The third-order valence-electron chi connectivity index (χ3n) is 7.08. The van der Waals surface area contributed by atoms with Gasteiger partial charge in [-0.2, -0.15) is 0 Å². The summed E-state index contributed by atoms with van der Waals surface area (Å²) in [6, 6.07) is 25.1. The minimum atomic E-state index is -1.51. The number of nitrogens with one attached hydrogen (secondary N) is 1. The van der Waals surface area contributed by atoms with E-state index in [1.165, 1.54) is 12.0 Å². The van der Waals surface area contributed by atoms with Crippen molar-refractivity contribution in [2.45, 2.75) is 11.6 Å². The van der Waals surface area contributed by atoms with Crippen LogP contribution in [0.4, 0.5) is 11.4 Å². The SMILES string of the molecule is COC(=O)[C@@]1(c2ccccc2)N[C@@H](c2ccc(N(C)C)cc2)[C@H]2C(=O)N(c3ccccc3)C(=O)[C@H]21. The first-order valence-corrected chi connectivity index (χ1v) is 11.5. The maximum atomic E-state index is 14.0. The van der Waals surface area contributed by atoms with Crippen molar-refractivity contribution in [2.24, 2.45) is 11.8 Å². The van der Waals surface area contributed by atoms with Crippen LogP contribution in [0.2, 0.25) is 0 Å². The molecule has 2 saturated heterocycles. The molecule has 2 aliphatic heterocycles. The van der Waals surface area contributed by atoms with Crippen LogP contribution < -0.4 is 15.1 Å². The fourth-order valence-corrected chi connectivity index (χ4v) is 5.44. The van der Waals surface area contributed by atoms with Gasteiger partial charge in [0.15, 0.2) is 5.54 Å². The number of methoxy groups -OCH3 is 1. The largest absolute Gasteiger partial charge is 0.467 e. The van der Waals surface area contributed by atoms with Gasteiger partial charge in [-0.05, 0) is 35.4 Å². The molecular formula is C28H27N3O4. The summed E-state index contributed by atoms with van der Waals surface area (Å²) in [5, 5.41) is 3.41. The van der Waals surface area contributed by atoms with E-state index in [1.54, 1.807) is 36.4 Å². The molecule has 3 aromatic rings. The Balaban J connectivity index is 1.70. The van der Waals surface area contributed by atoms with E-state index in [9.17, 15) is 14.4 Å². The Kier molecular flexibility index (Phi) is 5.65. The second-order valence-electron chi connectivity index (χ2n) is 9.12. The molecule has 2 amide bonds. The van der Waals surface area contributed by atoms with Crippen molar-refractivity contribution in [3.8, 4) is 0 Å². The topological polar surface area (TPSA) is 79.0 Å². The number of rotatable bonds is 5. The summed E-state index contributed by atoms with van der Waals surface area (Å²) in [6.45, 7) is 0. The summed E-state index contributed by atoms with van der Waals surface area (Å²) >= 11 is 0. The number of para-hydroxylation sites is 1. The first kappa shape index (κ1) is 22.8. The second kappa shape index (κ2) is 8.67. The van der Waals surface area contributed by atoms with Gasteiger partial charge >= 0.3 is 5.97 Å². The van der Waals surface area contributed by atoms with Crippen LogP contribution in [0.5, 0.6) is 0 Å². The molecule has 7 heteroatoms. The van der Waals surface area contributed by atoms with Crippen molar-refractivity contribution < 1.29 is 19.1 Å². The Morgan fingerprint density at radius 2 is 1.49 bits per heavy atom. The van der Waals surface area contributed by atoms with E-state index in [4.69, 9.17) is 4.74 Å². The summed E-state index contributed by atoms with van der Waals surface area (Å²) < 4.78 is 5.27. The van der Waals surface area contributed by atoms with E-state index in [1.807, 2.05) is 67.5 Å². The first-order valence-electron chi connectivity index (χ1n) is 11.5. The molecule has 2 aliphatic rings. The molecule has 178 valence electrons. The van der Waals surface area contributed by atoms with Gasteiger partial charge in [-0.3, -0.25) is 14.9 Å². The van der Waals surface area contributed by atoms with Crippen LogP contribution in [-0.2, 0) is 24.7 Å². The molecule has 2 fully saturated rings. The summed E-state index contributed by atoms with van der Waals surface area (Å²) in [6.07, 6.45) is 0. The van der Waals surface area contributed by atoms with Crippen LogP contribution >= 0.6 is 0 Å². The van der Waals surface area contributed by atoms with Crippen molar-refractivity contribution in [1.29, 1.82) is 0 Å². The lowest BCUT2D eigenvalue weighted by Gasteiger charge is -2.33. The number of imide groups is 1. The highest BCUT2D eigenvalue weighted by molar-refractivity contribution is 6.24. The van der Waals surface area contributed by atoms with E-state index in [0.29, 0.717) is 11.3 Å². The zero-order valence-electron chi connectivity index (χ0n) is 19.8. The normalized spacial score (nSPS) is 25.5. The highest BCUT2D eigenvalue weighted by Gasteiger charge is 2.69. The quantitative estimate of drug-likeness (QED) is 0.457. The van der Waals surface area contributed by atoms with Gasteiger partial charge in [0.2, 0.25) is 11.8 Å². The second-order valence-corrected chi connectivity index (χ2v) is 9.12. The fourth-order valence-electron chi connectivity index (χ4n) is 5.44. The Morgan fingerprint density at radius 1 is 0.886 bits per heavy atom. The van der Waals surface area contributed by atoms with E-state index < -0.39 is 35.3 Å². The van der Waals surface area contributed by atoms with Crippen LogP contribution in [0.15, 0.2) is 84.9 Å². The molecule has 4 atom stereocenters. The van der Waals surface area contributed by atoms with Gasteiger partial charge in [0.05, 0.1) is 24.6 Å². The number of nitrogens with zero attached hydrogens (tertiary/aromatic N) is 2. The Labute approximate surface area is 204 Å². The Hall–Kier alpha value is -3.97. The van der Waals surface area contributed by atoms with Gasteiger partial charge in [-0.25, -0.2) is 9.69 Å². The van der Waals surface area contributed by atoms with Crippen molar-refractivity contribution in [3.63, 3.8) is 0 Å². The number of benzene rings is 3. The lowest BCUT2D eigenvalue weighted by molar-refractivity contribution is -0.152. The number of ether oxygens (including phenoxy) is 1. The minimum Gasteiger partial charge on any atom is -0.467 e. The average Bonchev–Trinajstić information content (AvgIpc) is 3.39. The number of carbonyl (C=O) groups excluding carboxylic acids is 3. The van der Waals surface area contributed by atoms with E-state index in [2.05, 4.69) is 5.32 Å². The zero-order chi connectivity index (χ0) is 24.7. The predicted octanol–water partition coefficient (Wildman–Crippen LogP) is 3.27. The van der Waals surface area contributed by atoms with Crippen LogP contribution in [-0.4, -0.2) is 39.0 Å². The summed E-state index contributed by atoms with van der Waals surface area (Å²) in [5.74, 6) is -3.10. The number of hydrogen-bond donors (Lipinski definition) is 1. The summed E-state index contributed by atoms with van der Waals surface area (Å²) in [7, 11) is 5.21. The molecule has 7 nitrogen and oxygen atoms in total. The first-order chi connectivity index (χ1) is 16.9. The van der Waals surface area contributed by atoms with Gasteiger partial charge in [-0.1, -0.05) is 60.7 Å². The van der Waals surface area contributed by atoms with E-state index in [0.717, 1.165) is 11.3 Å². The summed E-state index contributed by atoms with van der Waals surface area (Å²) in [4.78, 5) is 44.6. The van der Waals surface area contributed by atoms with Crippen LogP contribution in [0.25, 0.3) is 0 Å². The van der Waals surface area contributed by atoms with E-state index in [-0.39, 0.29) is 5.91 Å². The van der Waals surface area contributed by atoms with Gasteiger partial charge < -0.3 is 9.64 Å². The van der Waals surface area contributed by atoms with Gasteiger partial charge in [0.1, 0.15) is 0 Å². The molecule has 5 rings (SSSR count). The third-order valence-corrected chi connectivity index (χ3v) is 7.08. The highest BCUT2D eigenvalue weighted by atomic mass is 16.5. The van der Waals surface area contributed by atoms with Crippen LogP contribution in [0.1, 0.15) is 17.2 Å². The molecule has 0 aromatic heterocycles. The molecule has 0 radical (unpaired) electrons. The van der Waals surface area contributed by atoms with Gasteiger partial charge in [0.25, 0.3) is 0 Å². The molecule has 0 bridgehead atoms. The van der Waals surface area contributed by atoms with Crippen molar-refractivity contribution >= 4 is 29.2 Å². The van der Waals surface area contributed by atoms with Gasteiger partial charge in [0, 0.05) is 25.8 Å². The highest BCUT2D eigenvalue weighted by Crippen LogP contribution is 2.54. The zero-order valence-corrected chi connectivity index (χ0v) is 19.8. The number of carbonyl (C=O) groups is 3. The predicted molar refractivity (Wildman–Crippen MR) is 133 cm³/mol. The molecule has 0 saturated carbocycles. The number of anilines is 2. The van der Waals surface area contributed by atoms with E-state index >= 15 is 0 Å². The fraction of sp³-hybridized carbons (Fsp3) is 0.250. The Bertz CT molecular complexity index is 1260. The van der Waals surface area contributed by atoms with Crippen molar-refractivity contribution in [2.75, 3.05) is 31.0 Å². The molecule has 1 N–H and O–H groups in total. The molecule has 0 aliphatic carbocycles. The average molecular weight is 470 g/mol. The monoisotopic (exact) mass is 469 g/mol.